The third kappa shape index (κ3) is 4.54. The van der Waals surface area contributed by atoms with Gasteiger partial charge in [0.2, 0.25) is 0 Å². The van der Waals surface area contributed by atoms with Crippen LogP contribution in [0.4, 0.5) is 23.0 Å². The van der Waals surface area contributed by atoms with Crippen LogP contribution in [0.15, 0.2) is 54.6 Å². The van der Waals surface area contributed by atoms with Crippen LogP contribution in [0.25, 0.3) is 0 Å². The number of rotatable bonds is 6. The standard InChI is InChI=1S/C22H24ClN5/c1-16-25-21(24-15-17-6-2-3-7-20(17)23)14-22(26-16)27-18-8-10-19(11-9-18)28-12-4-5-13-28/h2-3,6-11,14H,4-5,12-13,15H2,1H3,(H2,24,25,26,27). The summed E-state index contributed by atoms with van der Waals surface area (Å²) in [6.07, 6.45) is 2.56. The van der Waals surface area contributed by atoms with Crippen LogP contribution in [-0.4, -0.2) is 23.1 Å². The fourth-order valence-electron chi connectivity index (χ4n) is 3.43. The SMILES string of the molecule is Cc1nc(NCc2ccccc2Cl)cc(Nc2ccc(N3CCCC3)cc2)n1. The minimum Gasteiger partial charge on any atom is -0.372 e. The summed E-state index contributed by atoms with van der Waals surface area (Å²) in [6.45, 7) is 4.80. The van der Waals surface area contributed by atoms with E-state index in [9.17, 15) is 0 Å². The number of halogens is 1. The van der Waals surface area contributed by atoms with Crippen LogP contribution < -0.4 is 15.5 Å². The van der Waals surface area contributed by atoms with Crippen LogP contribution in [-0.2, 0) is 6.54 Å². The molecule has 28 heavy (non-hydrogen) atoms. The van der Waals surface area contributed by atoms with E-state index in [2.05, 4.69) is 49.8 Å². The van der Waals surface area contributed by atoms with E-state index in [0.717, 1.165) is 41.0 Å². The molecule has 0 amide bonds. The van der Waals surface area contributed by atoms with Crippen LogP contribution in [0.2, 0.25) is 5.02 Å². The van der Waals surface area contributed by atoms with Crippen molar-refractivity contribution in [1.82, 2.24) is 9.97 Å². The lowest BCUT2D eigenvalue weighted by molar-refractivity contribution is 0.949. The van der Waals surface area contributed by atoms with Crippen molar-refractivity contribution in [2.24, 2.45) is 0 Å². The zero-order valence-electron chi connectivity index (χ0n) is 16.0. The van der Waals surface area contributed by atoms with Gasteiger partial charge in [-0.25, -0.2) is 9.97 Å². The second-order valence-corrected chi connectivity index (χ2v) is 7.40. The first-order valence-corrected chi connectivity index (χ1v) is 10.0. The molecule has 144 valence electrons. The summed E-state index contributed by atoms with van der Waals surface area (Å²) in [4.78, 5) is 11.4. The van der Waals surface area contributed by atoms with Crippen molar-refractivity contribution in [3.05, 3.63) is 71.0 Å². The number of aryl methyl sites for hydroxylation is 1. The zero-order chi connectivity index (χ0) is 19.3. The van der Waals surface area contributed by atoms with Gasteiger partial charge in [-0.15, -0.1) is 0 Å². The van der Waals surface area contributed by atoms with Crippen LogP contribution in [0.5, 0.6) is 0 Å². The topological polar surface area (TPSA) is 53.1 Å². The minimum absolute atomic E-state index is 0.611. The monoisotopic (exact) mass is 393 g/mol. The van der Waals surface area contributed by atoms with Crippen molar-refractivity contribution in [2.45, 2.75) is 26.3 Å². The molecule has 0 radical (unpaired) electrons. The fourth-order valence-corrected chi connectivity index (χ4v) is 3.63. The maximum Gasteiger partial charge on any atom is 0.136 e. The molecule has 2 N–H and O–H groups in total. The van der Waals surface area contributed by atoms with Gasteiger partial charge >= 0.3 is 0 Å². The summed E-state index contributed by atoms with van der Waals surface area (Å²) in [6, 6.07) is 18.2. The largest absolute Gasteiger partial charge is 0.372 e. The Morgan fingerprint density at radius 2 is 1.68 bits per heavy atom. The summed E-state index contributed by atoms with van der Waals surface area (Å²) in [5, 5.41) is 7.46. The zero-order valence-corrected chi connectivity index (χ0v) is 16.7. The van der Waals surface area contributed by atoms with Gasteiger partial charge in [0.05, 0.1) is 0 Å². The maximum absolute atomic E-state index is 6.23. The van der Waals surface area contributed by atoms with Crippen LogP contribution >= 0.6 is 11.6 Å². The van der Waals surface area contributed by atoms with Gasteiger partial charge in [0.25, 0.3) is 0 Å². The molecule has 0 spiro atoms. The average Bonchev–Trinajstić information content (AvgIpc) is 3.22. The van der Waals surface area contributed by atoms with Gasteiger partial charge in [-0.1, -0.05) is 29.8 Å². The molecular formula is C22H24ClN5. The van der Waals surface area contributed by atoms with Gasteiger partial charge in [0.15, 0.2) is 0 Å². The lowest BCUT2D eigenvalue weighted by Gasteiger charge is -2.18. The quantitative estimate of drug-likeness (QED) is 0.587. The number of nitrogens with one attached hydrogen (secondary N) is 2. The normalized spacial score (nSPS) is 13.6. The number of hydrogen-bond acceptors (Lipinski definition) is 5. The summed E-state index contributed by atoms with van der Waals surface area (Å²) in [5.74, 6) is 2.24. The van der Waals surface area contributed by atoms with E-state index in [0.29, 0.717) is 12.4 Å². The number of anilines is 4. The molecule has 0 aliphatic carbocycles. The first-order chi connectivity index (χ1) is 13.7. The second kappa shape index (κ2) is 8.48. The summed E-state index contributed by atoms with van der Waals surface area (Å²) < 4.78 is 0. The number of aromatic nitrogens is 2. The molecule has 1 saturated heterocycles. The number of hydrogen-bond donors (Lipinski definition) is 2. The van der Waals surface area contributed by atoms with Crippen LogP contribution in [0, 0.1) is 6.92 Å². The Bertz CT molecular complexity index is 936. The van der Waals surface area contributed by atoms with Crippen LogP contribution in [0.3, 0.4) is 0 Å². The third-order valence-corrected chi connectivity index (χ3v) is 5.24. The van der Waals surface area contributed by atoms with E-state index in [4.69, 9.17) is 11.6 Å². The molecule has 4 rings (SSSR count). The van der Waals surface area contributed by atoms with Gasteiger partial charge in [0, 0.05) is 42.1 Å². The van der Waals surface area contributed by atoms with E-state index in [1.165, 1.54) is 18.5 Å². The molecule has 6 heteroatoms. The molecule has 1 fully saturated rings. The van der Waals surface area contributed by atoms with Gasteiger partial charge < -0.3 is 15.5 Å². The Balaban J connectivity index is 1.44. The van der Waals surface area contributed by atoms with Gasteiger partial charge in [-0.05, 0) is 55.7 Å². The smallest absolute Gasteiger partial charge is 0.136 e. The molecule has 0 saturated carbocycles. The summed E-state index contributed by atoms with van der Waals surface area (Å²) >= 11 is 6.23. The molecule has 3 aromatic rings. The molecule has 0 atom stereocenters. The van der Waals surface area contributed by atoms with E-state index >= 15 is 0 Å². The molecule has 1 aromatic heterocycles. The predicted octanol–water partition coefficient (Wildman–Crippen LogP) is 5.39. The highest BCUT2D eigenvalue weighted by molar-refractivity contribution is 6.31. The van der Waals surface area contributed by atoms with E-state index < -0.39 is 0 Å². The molecule has 0 bridgehead atoms. The van der Waals surface area contributed by atoms with Crippen molar-refractivity contribution in [3.8, 4) is 0 Å². The molecule has 2 heterocycles. The van der Waals surface area contributed by atoms with Crippen molar-refractivity contribution in [2.75, 3.05) is 28.6 Å². The summed E-state index contributed by atoms with van der Waals surface area (Å²) in [5.41, 5.74) is 3.33. The predicted molar refractivity (Wildman–Crippen MR) is 117 cm³/mol. The highest BCUT2D eigenvalue weighted by atomic mass is 35.5. The Hall–Kier alpha value is -2.79. The lowest BCUT2D eigenvalue weighted by Crippen LogP contribution is -2.17. The van der Waals surface area contributed by atoms with Gasteiger partial charge in [0.1, 0.15) is 17.5 Å². The Morgan fingerprint density at radius 1 is 0.964 bits per heavy atom. The minimum atomic E-state index is 0.611. The molecule has 1 aliphatic heterocycles. The van der Waals surface area contributed by atoms with Crippen molar-refractivity contribution >= 4 is 34.6 Å². The number of benzene rings is 2. The highest BCUT2D eigenvalue weighted by Gasteiger charge is 2.12. The molecule has 0 unspecified atom stereocenters. The highest BCUT2D eigenvalue weighted by Crippen LogP contribution is 2.24. The molecule has 1 aliphatic rings. The first kappa shape index (κ1) is 18.6. The van der Waals surface area contributed by atoms with Gasteiger partial charge in [-0.3, -0.25) is 0 Å². The van der Waals surface area contributed by atoms with Crippen molar-refractivity contribution in [3.63, 3.8) is 0 Å². The Kier molecular flexibility index (Phi) is 5.63. The van der Waals surface area contributed by atoms with Crippen molar-refractivity contribution < 1.29 is 0 Å². The maximum atomic E-state index is 6.23. The lowest BCUT2D eigenvalue weighted by atomic mass is 10.2. The molecule has 2 aromatic carbocycles. The Labute approximate surface area is 170 Å². The van der Waals surface area contributed by atoms with Crippen molar-refractivity contribution in [1.29, 1.82) is 0 Å². The van der Waals surface area contributed by atoms with E-state index in [1.807, 2.05) is 37.3 Å². The van der Waals surface area contributed by atoms with Crippen LogP contribution in [0.1, 0.15) is 24.2 Å². The van der Waals surface area contributed by atoms with E-state index in [-0.39, 0.29) is 0 Å². The number of nitrogens with zero attached hydrogens (tertiary/aromatic N) is 3. The third-order valence-electron chi connectivity index (χ3n) is 4.87. The fraction of sp³-hybridized carbons (Fsp3) is 0.273. The Morgan fingerprint density at radius 3 is 2.43 bits per heavy atom. The second-order valence-electron chi connectivity index (χ2n) is 7.00. The first-order valence-electron chi connectivity index (χ1n) is 9.62. The molecular weight excluding hydrogens is 370 g/mol. The molecule has 5 nitrogen and oxygen atoms in total. The van der Waals surface area contributed by atoms with E-state index in [1.54, 1.807) is 0 Å². The summed E-state index contributed by atoms with van der Waals surface area (Å²) in [7, 11) is 0. The average molecular weight is 394 g/mol. The van der Waals surface area contributed by atoms with Gasteiger partial charge in [-0.2, -0.15) is 0 Å².